The first-order chi connectivity index (χ1) is 15.6. The fraction of sp³-hybridized carbons (Fsp3) is 0.640. The summed E-state index contributed by atoms with van der Waals surface area (Å²) in [6.45, 7) is 4.61. The van der Waals surface area contributed by atoms with Crippen molar-refractivity contribution < 1.29 is 14.3 Å². The van der Waals surface area contributed by atoms with E-state index in [1.165, 1.54) is 64.0 Å². The van der Waals surface area contributed by atoms with E-state index in [9.17, 15) is 9.59 Å². The normalized spacial score (nSPS) is 11.0. The molecule has 0 unspecified atom stereocenters. The van der Waals surface area contributed by atoms with E-state index < -0.39 is 0 Å². The van der Waals surface area contributed by atoms with Crippen molar-refractivity contribution in [3.05, 3.63) is 28.2 Å². The Labute approximate surface area is 202 Å². The van der Waals surface area contributed by atoms with Gasteiger partial charge in [0.15, 0.2) is 0 Å². The van der Waals surface area contributed by atoms with E-state index in [0.717, 1.165) is 22.9 Å². The molecule has 1 rings (SSSR count). The minimum absolute atomic E-state index is 0.0784. The zero-order valence-electron chi connectivity index (χ0n) is 19.8. The monoisotopic (exact) mass is 509 g/mol. The number of hydrazone groups is 1. The number of hydrogen-bond acceptors (Lipinski definition) is 4. The maximum atomic E-state index is 11.9. The average molecular weight is 511 g/mol. The molecule has 32 heavy (non-hydrogen) atoms. The lowest BCUT2D eigenvalue weighted by molar-refractivity contribution is -0.126. The van der Waals surface area contributed by atoms with Gasteiger partial charge in [-0.3, -0.25) is 9.59 Å². The summed E-state index contributed by atoms with van der Waals surface area (Å²) in [5, 5.41) is 6.61. The van der Waals surface area contributed by atoms with Gasteiger partial charge in [-0.15, -0.1) is 0 Å². The van der Waals surface area contributed by atoms with Crippen LogP contribution in [0.1, 0.15) is 96.5 Å². The smallest absolute Gasteiger partial charge is 0.259 e. The van der Waals surface area contributed by atoms with Crippen LogP contribution in [-0.4, -0.2) is 31.2 Å². The quantitative estimate of drug-likeness (QED) is 0.142. The Morgan fingerprint density at radius 2 is 1.56 bits per heavy atom. The molecule has 6 nitrogen and oxygen atoms in total. The molecule has 7 heteroatoms. The van der Waals surface area contributed by atoms with E-state index in [2.05, 4.69) is 38.7 Å². The Kier molecular flexibility index (Phi) is 16.4. The van der Waals surface area contributed by atoms with Gasteiger partial charge < -0.3 is 10.1 Å². The summed E-state index contributed by atoms with van der Waals surface area (Å²) in [4.78, 5) is 23.8. The first kappa shape index (κ1) is 28.1. The second-order valence-corrected chi connectivity index (χ2v) is 8.89. The molecule has 0 aliphatic carbocycles. The zero-order chi connectivity index (χ0) is 23.4. The topological polar surface area (TPSA) is 79.8 Å². The lowest BCUT2D eigenvalue weighted by Gasteiger charge is -2.07. The van der Waals surface area contributed by atoms with Crippen LogP contribution in [0.2, 0.25) is 0 Å². The van der Waals surface area contributed by atoms with Gasteiger partial charge in [-0.05, 0) is 31.5 Å². The number of carbonyl (C=O) groups excluding carboxylic acids is 2. The fourth-order valence-electron chi connectivity index (χ4n) is 3.34. The Hall–Kier alpha value is -1.89. The minimum Gasteiger partial charge on any atom is -0.493 e. The van der Waals surface area contributed by atoms with E-state index in [1.807, 2.05) is 25.1 Å². The predicted octanol–water partition coefficient (Wildman–Crippen LogP) is 6.12. The van der Waals surface area contributed by atoms with Crippen LogP contribution in [0.15, 0.2) is 27.8 Å². The van der Waals surface area contributed by atoms with Gasteiger partial charge in [-0.25, -0.2) is 5.43 Å². The molecule has 180 valence electrons. The van der Waals surface area contributed by atoms with Crippen molar-refractivity contribution in [2.75, 3.05) is 13.2 Å². The summed E-state index contributed by atoms with van der Waals surface area (Å²) in [5.41, 5.74) is 3.18. The van der Waals surface area contributed by atoms with E-state index in [4.69, 9.17) is 4.74 Å². The van der Waals surface area contributed by atoms with Gasteiger partial charge >= 0.3 is 0 Å². The number of carbonyl (C=O) groups is 2. The van der Waals surface area contributed by atoms with Gasteiger partial charge in [0.25, 0.3) is 5.91 Å². The predicted molar refractivity (Wildman–Crippen MR) is 135 cm³/mol. The van der Waals surface area contributed by atoms with Gasteiger partial charge in [0.1, 0.15) is 5.75 Å². The molecule has 0 spiro atoms. The van der Waals surface area contributed by atoms with Crippen LogP contribution in [0.4, 0.5) is 0 Å². The highest BCUT2D eigenvalue weighted by Crippen LogP contribution is 2.21. The minimum atomic E-state index is -0.360. The molecule has 0 saturated heterocycles. The van der Waals surface area contributed by atoms with E-state index >= 15 is 0 Å². The van der Waals surface area contributed by atoms with Crippen molar-refractivity contribution in [1.82, 2.24) is 10.7 Å². The van der Waals surface area contributed by atoms with Crippen molar-refractivity contribution in [3.63, 3.8) is 0 Å². The summed E-state index contributed by atoms with van der Waals surface area (Å²) < 4.78 is 6.43. The van der Waals surface area contributed by atoms with E-state index in [0.29, 0.717) is 18.8 Å². The average Bonchev–Trinajstić information content (AvgIpc) is 2.78. The Bertz CT molecular complexity index is 695. The number of benzene rings is 1. The fourth-order valence-corrected chi connectivity index (χ4v) is 3.72. The van der Waals surface area contributed by atoms with Gasteiger partial charge in [0.2, 0.25) is 5.91 Å². The molecule has 0 aliphatic rings. The van der Waals surface area contributed by atoms with Crippen molar-refractivity contribution in [2.24, 2.45) is 5.10 Å². The Morgan fingerprint density at radius 1 is 0.938 bits per heavy atom. The Balaban J connectivity index is 2.09. The number of halogens is 1. The highest BCUT2D eigenvalue weighted by atomic mass is 79.9. The number of rotatable bonds is 18. The maximum absolute atomic E-state index is 11.9. The molecule has 1 aromatic rings. The molecular weight excluding hydrogens is 470 g/mol. The van der Waals surface area contributed by atoms with E-state index in [-0.39, 0.29) is 18.4 Å². The molecule has 0 aromatic heterocycles. The molecule has 0 bridgehead atoms. The standard InChI is InChI=1S/C25H40BrN3O3/c1-3-5-6-7-8-9-10-11-12-13-14-15-24(30)27-20-25(31)29-28-19-21-18-22(26)16-17-23(21)32-4-2/h16-19H,3-15,20H2,1-2H3,(H,27,30)(H,29,31)/b28-19-. The first-order valence-corrected chi connectivity index (χ1v) is 12.9. The number of amides is 2. The third kappa shape index (κ3) is 14.2. The van der Waals surface area contributed by atoms with Gasteiger partial charge in [-0.2, -0.15) is 5.10 Å². The summed E-state index contributed by atoms with van der Waals surface area (Å²) in [5.74, 6) is 0.237. The first-order valence-electron chi connectivity index (χ1n) is 12.1. The molecule has 0 fully saturated rings. The summed E-state index contributed by atoms with van der Waals surface area (Å²) in [7, 11) is 0. The van der Waals surface area contributed by atoms with Crippen LogP contribution >= 0.6 is 15.9 Å². The van der Waals surface area contributed by atoms with Crippen LogP contribution < -0.4 is 15.5 Å². The van der Waals surface area contributed by atoms with Crippen LogP contribution in [0.5, 0.6) is 5.75 Å². The molecule has 2 amide bonds. The highest BCUT2D eigenvalue weighted by Gasteiger charge is 2.06. The number of hydrogen-bond donors (Lipinski definition) is 2. The second kappa shape index (κ2) is 18.7. The third-order valence-electron chi connectivity index (χ3n) is 5.12. The van der Waals surface area contributed by atoms with Crippen LogP contribution in [0, 0.1) is 0 Å². The molecule has 0 atom stereocenters. The zero-order valence-corrected chi connectivity index (χ0v) is 21.3. The summed E-state index contributed by atoms with van der Waals surface area (Å²) >= 11 is 3.41. The van der Waals surface area contributed by atoms with Crippen LogP contribution in [-0.2, 0) is 9.59 Å². The SMILES string of the molecule is CCCCCCCCCCCCCC(=O)NCC(=O)N/N=C\c1cc(Br)ccc1OCC. The summed E-state index contributed by atoms with van der Waals surface area (Å²) in [6.07, 6.45) is 15.7. The van der Waals surface area contributed by atoms with Crippen LogP contribution in [0.3, 0.4) is 0 Å². The van der Waals surface area contributed by atoms with Crippen molar-refractivity contribution >= 4 is 34.0 Å². The van der Waals surface area contributed by atoms with E-state index in [1.54, 1.807) is 0 Å². The molecule has 0 radical (unpaired) electrons. The van der Waals surface area contributed by atoms with Crippen molar-refractivity contribution in [3.8, 4) is 5.75 Å². The Morgan fingerprint density at radius 3 is 2.19 bits per heavy atom. The molecule has 0 heterocycles. The molecule has 2 N–H and O–H groups in total. The molecule has 0 saturated carbocycles. The lowest BCUT2D eigenvalue weighted by Crippen LogP contribution is -2.34. The van der Waals surface area contributed by atoms with Crippen LogP contribution in [0.25, 0.3) is 0 Å². The van der Waals surface area contributed by atoms with Crippen molar-refractivity contribution in [1.29, 1.82) is 0 Å². The van der Waals surface area contributed by atoms with Gasteiger partial charge in [-0.1, -0.05) is 87.1 Å². The second-order valence-electron chi connectivity index (χ2n) is 7.97. The molecule has 0 aliphatic heterocycles. The number of nitrogens with one attached hydrogen (secondary N) is 2. The number of unbranched alkanes of at least 4 members (excludes halogenated alkanes) is 10. The lowest BCUT2D eigenvalue weighted by atomic mass is 10.1. The highest BCUT2D eigenvalue weighted by molar-refractivity contribution is 9.10. The largest absolute Gasteiger partial charge is 0.493 e. The van der Waals surface area contributed by atoms with Gasteiger partial charge in [0, 0.05) is 16.5 Å². The van der Waals surface area contributed by atoms with Crippen molar-refractivity contribution in [2.45, 2.75) is 90.9 Å². The summed E-state index contributed by atoms with van der Waals surface area (Å²) in [6, 6.07) is 5.58. The maximum Gasteiger partial charge on any atom is 0.259 e. The molecular formula is C25H40BrN3O3. The van der Waals surface area contributed by atoms with Gasteiger partial charge in [0.05, 0.1) is 19.4 Å². The number of ether oxygens (including phenoxy) is 1. The number of nitrogens with zero attached hydrogens (tertiary/aromatic N) is 1. The molecule has 1 aromatic carbocycles. The third-order valence-corrected chi connectivity index (χ3v) is 5.61.